The van der Waals surface area contributed by atoms with E-state index in [4.69, 9.17) is 0 Å². The molecule has 2 aromatic heterocycles. The zero-order chi connectivity index (χ0) is 19.2. The fourth-order valence-corrected chi connectivity index (χ4v) is 3.15. The Hall–Kier alpha value is -3.39. The molecule has 142 valence electrons. The lowest BCUT2D eigenvalue weighted by atomic mass is 10.2. The highest BCUT2D eigenvalue weighted by molar-refractivity contribution is 6.00. The Balaban J connectivity index is 1.35. The van der Waals surface area contributed by atoms with Crippen molar-refractivity contribution in [2.75, 3.05) is 36.4 Å². The van der Waals surface area contributed by atoms with E-state index in [0.29, 0.717) is 5.82 Å². The lowest BCUT2D eigenvalue weighted by Gasteiger charge is -2.35. The van der Waals surface area contributed by atoms with Crippen LogP contribution in [0.15, 0.2) is 61.2 Å². The van der Waals surface area contributed by atoms with Crippen LogP contribution in [-0.4, -0.2) is 56.9 Å². The summed E-state index contributed by atoms with van der Waals surface area (Å²) in [5.41, 5.74) is 1.33. The van der Waals surface area contributed by atoms with Gasteiger partial charge < -0.3 is 10.2 Å². The van der Waals surface area contributed by atoms with Gasteiger partial charge in [-0.3, -0.25) is 9.69 Å². The third-order valence-electron chi connectivity index (χ3n) is 4.61. The lowest BCUT2D eigenvalue weighted by Crippen LogP contribution is -2.46. The van der Waals surface area contributed by atoms with Gasteiger partial charge in [0.05, 0.1) is 0 Å². The number of nitrogens with zero attached hydrogens (tertiary/aromatic N) is 6. The van der Waals surface area contributed by atoms with Gasteiger partial charge in [0.1, 0.15) is 18.0 Å². The molecule has 1 N–H and O–H groups in total. The fourth-order valence-electron chi connectivity index (χ4n) is 3.15. The number of amides is 1. The van der Waals surface area contributed by atoms with E-state index in [1.807, 2.05) is 6.07 Å². The van der Waals surface area contributed by atoms with E-state index in [0.717, 1.165) is 38.5 Å². The number of nitrogens with one attached hydrogen (secondary N) is 1. The maximum absolute atomic E-state index is 12.2. The van der Waals surface area contributed by atoms with Gasteiger partial charge in [-0.25, -0.2) is 19.9 Å². The zero-order valence-corrected chi connectivity index (χ0v) is 15.4. The molecular weight excluding hydrogens is 354 g/mol. The van der Waals surface area contributed by atoms with Crippen molar-refractivity contribution in [3.8, 4) is 0 Å². The lowest BCUT2D eigenvalue weighted by molar-refractivity contribution is 0.101. The monoisotopic (exact) mass is 375 g/mol. The molecule has 1 aliphatic heterocycles. The number of piperazine rings is 1. The van der Waals surface area contributed by atoms with E-state index in [1.54, 1.807) is 12.1 Å². The number of benzene rings is 1. The van der Waals surface area contributed by atoms with Crippen LogP contribution in [0.5, 0.6) is 0 Å². The standard InChI is InChI=1S/C20H21N7O/c28-20(19-21-7-4-8-22-19)25-17-13-18(24-15-23-17)27-11-9-26(10-12-27)14-16-5-2-1-3-6-16/h1-8,13,15H,9-12,14H2,(H,23,24,25,28). The molecule has 1 amide bonds. The van der Waals surface area contributed by atoms with Crippen molar-refractivity contribution >= 4 is 17.5 Å². The van der Waals surface area contributed by atoms with Crippen molar-refractivity contribution in [3.63, 3.8) is 0 Å². The molecule has 0 bridgehead atoms. The van der Waals surface area contributed by atoms with E-state index in [2.05, 4.69) is 59.3 Å². The molecule has 1 fully saturated rings. The Bertz CT molecular complexity index is 912. The van der Waals surface area contributed by atoms with Crippen LogP contribution in [0.4, 0.5) is 11.6 Å². The first-order valence-corrected chi connectivity index (χ1v) is 9.19. The molecule has 28 heavy (non-hydrogen) atoms. The van der Waals surface area contributed by atoms with Crippen molar-refractivity contribution in [3.05, 3.63) is 72.6 Å². The molecule has 0 unspecified atom stereocenters. The topological polar surface area (TPSA) is 87.1 Å². The molecule has 1 saturated heterocycles. The van der Waals surface area contributed by atoms with Gasteiger partial charge in [0.15, 0.2) is 0 Å². The Kier molecular flexibility index (Phi) is 5.48. The third-order valence-corrected chi connectivity index (χ3v) is 4.61. The first kappa shape index (κ1) is 18.0. The first-order valence-electron chi connectivity index (χ1n) is 9.19. The number of hydrogen-bond acceptors (Lipinski definition) is 7. The molecule has 0 aliphatic carbocycles. The van der Waals surface area contributed by atoms with Crippen molar-refractivity contribution in [1.82, 2.24) is 24.8 Å². The normalized spacial score (nSPS) is 14.6. The van der Waals surface area contributed by atoms with Crippen molar-refractivity contribution in [2.45, 2.75) is 6.54 Å². The van der Waals surface area contributed by atoms with Crippen LogP contribution in [0.3, 0.4) is 0 Å². The van der Waals surface area contributed by atoms with Gasteiger partial charge in [0.25, 0.3) is 5.91 Å². The molecule has 0 atom stereocenters. The first-order chi connectivity index (χ1) is 13.8. The van der Waals surface area contributed by atoms with Crippen LogP contribution in [0, 0.1) is 0 Å². The van der Waals surface area contributed by atoms with Crippen LogP contribution in [0.1, 0.15) is 16.2 Å². The predicted molar refractivity (Wildman–Crippen MR) is 106 cm³/mol. The van der Waals surface area contributed by atoms with Gasteiger partial charge in [-0.1, -0.05) is 30.3 Å². The summed E-state index contributed by atoms with van der Waals surface area (Å²) in [5, 5.41) is 2.73. The second-order valence-corrected chi connectivity index (χ2v) is 6.54. The maximum Gasteiger partial charge on any atom is 0.294 e. The maximum atomic E-state index is 12.2. The minimum Gasteiger partial charge on any atom is -0.354 e. The molecule has 8 nitrogen and oxygen atoms in total. The Morgan fingerprint density at radius 3 is 2.43 bits per heavy atom. The molecule has 3 aromatic rings. The fraction of sp³-hybridized carbons (Fsp3) is 0.250. The Morgan fingerprint density at radius 1 is 0.929 bits per heavy atom. The largest absolute Gasteiger partial charge is 0.354 e. The van der Waals surface area contributed by atoms with Crippen molar-refractivity contribution in [2.24, 2.45) is 0 Å². The Labute approximate surface area is 163 Å². The second-order valence-electron chi connectivity index (χ2n) is 6.54. The molecule has 4 rings (SSSR count). The molecule has 0 spiro atoms. The third kappa shape index (κ3) is 4.47. The summed E-state index contributed by atoms with van der Waals surface area (Å²) < 4.78 is 0. The van der Waals surface area contributed by atoms with E-state index in [1.165, 1.54) is 24.3 Å². The highest BCUT2D eigenvalue weighted by atomic mass is 16.2. The van der Waals surface area contributed by atoms with Gasteiger partial charge >= 0.3 is 0 Å². The summed E-state index contributed by atoms with van der Waals surface area (Å²) in [6.07, 6.45) is 4.53. The summed E-state index contributed by atoms with van der Waals surface area (Å²) >= 11 is 0. The summed E-state index contributed by atoms with van der Waals surface area (Å²) in [4.78, 5) is 33.2. The van der Waals surface area contributed by atoms with Crippen molar-refractivity contribution in [1.29, 1.82) is 0 Å². The van der Waals surface area contributed by atoms with Gasteiger partial charge in [-0.15, -0.1) is 0 Å². The van der Waals surface area contributed by atoms with Crippen LogP contribution < -0.4 is 10.2 Å². The van der Waals surface area contributed by atoms with E-state index in [-0.39, 0.29) is 5.82 Å². The number of carbonyl (C=O) groups is 1. The molecule has 0 saturated carbocycles. The molecule has 1 aromatic carbocycles. The van der Waals surface area contributed by atoms with Crippen LogP contribution >= 0.6 is 0 Å². The smallest absolute Gasteiger partial charge is 0.294 e. The number of rotatable bonds is 5. The molecular formula is C20H21N7O. The number of anilines is 2. The average Bonchev–Trinajstić information content (AvgIpc) is 2.76. The highest BCUT2D eigenvalue weighted by Crippen LogP contribution is 2.17. The average molecular weight is 375 g/mol. The van der Waals surface area contributed by atoms with Crippen LogP contribution in [0.25, 0.3) is 0 Å². The zero-order valence-electron chi connectivity index (χ0n) is 15.4. The molecule has 3 heterocycles. The predicted octanol–water partition coefficient (Wildman–Crippen LogP) is 1.84. The van der Waals surface area contributed by atoms with Crippen molar-refractivity contribution < 1.29 is 4.79 Å². The summed E-state index contributed by atoms with van der Waals surface area (Å²) in [6, 6.07) is 13.9. The van der Waals surface area contributed by atoms with E-state index < -0.39 is 5.91 Å². The van der Waals surface area contributed by atoms with Crippen LogP contribution in [0.2, 0.25) is 0 Å². The van der Waals surface area contributed by atoms with E-state index >= 15 is 0 Å². The van der Waals surface area contributed by atoms with Gasteiger partial charge in [0.2, 0.25) is 5.82 Å². The second kappa shape index (κ2) is 8.53. The highest BCUT2D eigenvalue weighted by Gasteiger charge is 2.19. The number of aromatic nitrogens is 4. The number of carbonyl (C=O) groups excluding carboxylic acids is 1. The molecule has 1 aliphatic rings. The van der Waals surface area contributed by atoms with Crippen LogP contribution in [-0.2, 0) is 6.54 Å². The van der Waals surface area contributed by atoms with Gasteiger partial charge in [-0.05, 0) is 11.6 Å². The van der Waals surface area contributed by atoms with Gasteiger partial charge in [0, 0.05) is 51.2 Å². The summed E-state index contributed by atoms with van der Waals surface area (Å²) in [6.45, 7) is 4.62. The minimum absolute atomic E-state index is 0.109. The summed E-state index contributed by atoms with van der Waals surface area (Å²) in [5.74, 6) is 0.961. The molecule has 8 heteroatoms. The SMILES string of the molecule is O=C(Nc1cc(N2CCN(Cc3ccccc3)CC2)ncn1)c1ncccn1. The van der Waals surface area contributed by atoms with E-state index in [9.17, 15) is 4.79 Å². The summed E-state index contributed by atoms with van der Waals surface area (Å²) in [7, 11) is 0. The number of hydrogen-bond donors (Lipinski definition) is 1. The Morgan fingerprint density at radius 2 is 1.68 bits per heavy atom. The molecule has 0 radical (unpaired) electrons. The minimum atomic E-state index is -0.391. The quantitative estimate of drug-likeness (QED) is 0.728. The van der Waals surface area contributed by atoms with Gasteiger partial charge in [-0.2, -0.15) is 0 Å².